The molecule has 0 bridgehead atoms. The van der Waals surface area contributed by atoms with Gasteiger partial charge in [-0.2, -0.15) is 5.26 Å². The summed E-state index contributed by atoms with van der Waals surface area (Å²) in [6.07, 6.45) is 3.88. The van der Waals surface area contributed by atoms with E-state index in [1.807, 2.05) is 60.7 Å². The molecule has 182 valence electrons. The lowest BCUT2D eigenvalue weighted by Gasteiger charge is -2.18. The highest BCUT2D eigenvalue weighted by atomic mass is 32.2. The fourth-order valence-corrected chi connectivity index (χ4v) is 5.41. The monoisotopic (exact) mass is 495 g/mol. The van der Waals surface area contributed by atoms with E-state index >= 15 is 0 Å². The molecule has 1 fully saturated rings. The van der Waals surface area contributed by atoms with Gasteiger partial charge in [0.2, 0.25) is 5.91 Å². The number of thioether (sulfide) groups is 1. The Morgan fingerprint density at radius 3 is 2.22 bits per heavy atom. The standard InChI is InChI=1S/C30H29N3O2S/c1-2-3-10-22-15-17-23(18-16-22)19-27-29(35)33(25-13-8-5-9-14-25)30(36-27)26(20-31)28(34)32-21-24-11-6-4-7-12-24/h4-9,11-18,27H,2-3,10,19,21H2,1H3,(H,32,34)/b30-26+. The Bertz CT molecular complexity index is 1270. The molecule has 1 saturated heterocycles. The number of unbranched alkanes of at least 4 members (excludes halogenated alkanes) is 1. The predicted octanol–water partition coefficient (Wildman–Crippen LogP) is 5.77. The first-order valence-corrected chi connectivity index (χ1v) is 13.1. The number of aryl methyl sites for hydroxylation is 1. The van der Waals surface area contributed by atoms with Gasteiger partial charge in [0.15, 0.2) is 0 Å². The number of rotatable bonds is 9. The second kappa shape index (κ2) is 12.2. The summed E-state index contributed by atoms with van der Waals surface area (Å²) in [5.74, 6) is -0.613. The Morgan fingerprint density at radius 1 is 0.944 bits per heavy atom. The van der Waals surface area contributed by atoms with E-state index in [1.165, 1.54) is 22.2 Å². The number of nitrogens with zero attached hydrogens (tertiary/aromatic N) is 2. The van der Waals surface area contributed by atoms with E-state index in [4.69, 9.17) is 0 Å². The Hall–Kier alpha value is -3.82. The average Bonchev–Trinajstić information content (AvgIpc) is 3.23. The number of nitriles is 1. The van der Waals surface area contributed by atoms with Crippen LogP contribution in [-0.2, 0) is 29.0 Å². The second-order valence-electron chi connectivity index (χ2n) is 8.70. The highest BCUT2D eigenvalue weighted by molar-refractivity contribution is 8.05. The minimum Gasteiger partial charge on any atom is -0.347 e. The van der Waals surface area contributed by atoms with Gasteiger partial charge in [0.25, 0.3) is 5.91 Å². The molecule has 3 aromatic carbocycles. The predicted molar refractivity (Wildman–Crippen MR) is 145 cm³/mol. The molecule has 3 aromatic rings. The van der Waals surface area contributed by atoms with Gasteiger partial charge in [-0.3, -0.25) is 14.5 Å². The minimum atomic E-state index is -0.487. The number of para-hydroxylation sites is 1. The van der Waals surface area contributed by atoms with Crippen LogP contribution in [0, 0.1) is 11.3 Å². The first kappa shape index (κ1) is 25.3. The lowest BCUT2D eigenvalue weighted by molar-refractivity contribution is -0.117. The zero-order chi connectivity index (χ0) is 25.3. The highest BCUT2D eigenvalue weighted by Crippen LogP contribution is 2.41. The molecule has 1 atom stereocenters. The summed E-state index contributed by atoms with van der Waals surface area (Å²) in [5.41, 5.74) is 3.88. The molecule has 0 saturated carbocycles. The molecule has 1 unspecified atom stereocenters. The fraction of sp³-hybridized carbons (Fsp3) is 0.233. The van der Waals surface area contributed by atoms with Gasteiger partial charge in [0.1, 0.15) is 16.7 Å². The minimum absolute atomic E-state index is 0.0504. The molecular weight excluding hydrogens is 466 g/mol. The van der Waals surface area contributed by atoms with E-state index in [-0.39, 0.29) is 11.5 Å². The Morgan fingerprint density at radius 2 is 1.58 bits per heavy atom. The van der Waals surface area contributed by atoms with Crippen LogP contribution in [0.4, 0.5) is 5.69 Å². The summed E-state index contributed by atoms with van der Waals surface area (Å²) in [7, 11) is 0. The Balaban J connectivity index is 1.59. The summed E-state index contributed by atoms with van der Waals surface area (Å²) in [5, 5.41) is 12.7. The molecule has 0 aliphatic carbocycles. The van der Waals surface area contributed by atoms with Crippen molar-refractivity contribution < 1.29 is 9.59 Å². The Kier molecular flexibility index (Phi) is 8.59. The molecule has 4 rings (SSSR count). The third-order valence-electron chi connectivity index (χ3n) is 6.08. The van der Waals surface area contributed by atoms with E-state index < -0.39 is 11.2 Å². The van der Waals surface area contributed by atoms with Crippen LogP contribution in [0.3, 0.4) is 0 Å². The van der Waals surface area contributed by atoms with Crippen LogP contribution in [0.15, 0.2) is 95.5 Å². The SMILES string of the molecule is CCCCc1ccc(CC2S/C(=C(\C#N)C(=O)NCc3ccccc3)N(c3ccccc3)C2=O)cc1. The molecule has 0 aromatic heterocycles. The zero-order valence-corrected chi connectivity index (χ0v) is 21.1. The van der Waals surface area contributed by atoms with Gasteiger partial charge in [-0.05, 0) is 48.1 Å². The molecule has 0 radical (unpaired) electrons. The summed E-state index contributed by atoms with van der Waals surface area (Å²) in [6, 6.07) is 29.2. The maximum absolute atomic E-state index is 13.6. The summed E-state index contributed by atoms with van der Waals surface area (Å²) in [4.78, 5) is 28.2. The molecule has 5 nitrogen and oxygen atoms in total. The van der Waals surface area contributed by atoms with Crippen molar-refractivity contribution >= 4 is 29.3 Å². The third-order valence-corrected chi connectivity index (χ3v) is 7.34. The van der Waals surface area contributed by atoms with Gasteiger partial charge < -0.3 is 5.32 Å². The molecule has 2 amide bonds. The quantitative estimate of drug-likeness (QED) is 0.302. The topological polar surface area (TPSA) is 73.2 Å². The smallest absolute Gasteiger partial charge is 0.264 e. The number of carbonyl (C=O) groups is 2. The summed E-state index contributed by atoms with van der Waals surface area (Å²) >= 11 is 1.29. The molecule has 0 spiro atoms. The zero-order valence-electron chi connectivity index (χ0n) is 20.3. The largest absolute Gasteiger partial charge is 0.347 e. The van der Waals surface area contributed by atoms with Crippen molar-refractivity contribution in [2.75, 3.05) is 4.90 Å². The van der Waals surface area contributed by atoms with Crippen molar-refractivity contribution in [1.29, 1.82) is 5.26 Å². The van der Waals surface area contributed by atoms with Gasteiger partial charge >= 0.3 is 0 Å². The lowest BCUT2D eigenvalue weighted by atomic mass is 10.0. The maximum Gasteiger partial charge on any atom is 0.264 e. The molecule has 1 aliphatic heterocycles. The van der Waals surface area contributed by atoms with Crippen molar-refractivity contribution in [2.24, 2.45) is 0 Å². The summed E-state index contributed by atoms with van der Waals surface area (Å²) < 4.78 is 0. The van der Waals surface area contributed by atoms with Gasteiger partial charge in [0.05, 0.1) is 5.25 Å². The number of nitrogens with one attached hydrogen (secondary N) is 1. The fourth-order valence-electron chi connectivity index (χ4n) is 4.10. The van der Waals surface area contributed by atoms with E-state index in [1.54, 1.807) is 0 Å². The van der Waals surface area contributed by atoms with Crippen molar-refractivity contribution in [3.05, 3.63) is 112 Å². The number of anilines is 1. The van der Waals surface area contributed by atoms with Gasteiger partial charge in [-0.25, -0.2) is 0 Å². The maximum atomic E-state index is 13.6. The van der Waals surface area contributed by atoms with Gasteiger partial charge in [-0.15, -0.1) is 0 Å². The van der Waals surface area contributed by atoms with Crippen LogP contribution in [0.5, 0.6) is 0 Å². The number of hydrogen-bond donors (Lipinski definition) is 1. The Labute approximate surface area is 216 Å². The number of carbonyl (C=O) groups excluding carboxylic acids is 2. The first-order chi connectivity index (χ1) is 17.6. The van der Waals surface area contributed by atoms with Gasteiger partial charge in [0, 0.05) is 12.2 Å². The van der Waals surface area contributed by atoms with Crippen molar-refractivity contribution in [1.82, 2.24) is 5.32 Å². The molecule has 1 aliphatic rings. The first-order valence-electron chi connectivity index (χ1n) is 12.2. The second-order valence-corrected chi connectivity index (χ2v) is 9.89. The van der Waals surface area contributed by atoms with E-state index in [0.29, 0.717) is 23.7 Å². The highest BCUT2D eigenvalue weighted by Gasteiger charge is 2.40. The normalized spacial score (nSPS) is 16.5. The number of amides is 2. The van der Waals surface area contributed by atoms with Crippen LogP contribution in [-0.4, -0.2) is 17.1 Å². The summed E-state index contributed by atoms with van der Waals surface area (Å²) in [6.45, 7) is 2.48. The number of hydrogen-bond acceptors (Lipinski definition) is 4. The lowest BCUT2D eigenvalue weighted by Crippen LogP contribution is -2.32. The van der Waals surface area contributed by atoms with Crippen LogP contribution in [0.1, 0.15) is 36.5 Å². The molecular formula is C30H29N3O2S. The van der Waals surface area contributed by atoms with E-state index in [0.717, 1.165) is 30.4 Å². The van der Waals surface area contributed by atoms with Crippen molar-refractivity contribution in [3.63, 3.8) is 0 Å². The van der Waals surface area contributed by atoms with Crippen LogP contribution < -0.4 is 10.2 Å². The van der Waals surface area contributed by atoms with Crippen molar-refractivity contribution in [3.8, 4) is 6.07 Å². The average molecular weight is 496 g/mol. The van der Waals surface area contributed by atoms with Crippen molar-refractivity contribution in [2.45, 2.75) is 44.4 Å². The van der Waals surface area contributed by atoms with E-state index in [2.05, 4.69) is 42.6 Å². The number of benzene rings is 3. The third kappa shape index (κ3) is 6.05. The van der Waals surface area contributed by atoms with Crippen LogP contribution in [0.25, 0.3) is 0 Å². The van der Waals surface area contributed by atoms with E-state index in [9.17, 15) is 14.9 Å². The van der Waals surface area contributed by atoms with Gasteiger partial charge in [-0.1, -0.05) is 97.9 Å². The molecule has 1 N–H and O–H groups in total. The molecule has 1 heterocycles. The van der Waals surface area contributed by atoms with Crippen LogP contribution >= 0.6 is 11.8 Å². The molecule has 36 heavy (non-hydrogen) atoms. The molecule has 6 heteroatoms. The van der Waals surface area contributed by atoms with Crippen LogP contribution in [0.2, 0.25) is 0 Å².